The number of carboxylic acid groups (broad SMARTS) is 2. The van der Waals surface area contributed by atoms with E-state index in [1.165, 1.54) is 51.9 Å². The van der Waals surface area contributed by atoms with Gasteiger partial charge in [0, 0.05) is 32.3 Å². The summed E-state index contributed by atoms with van der Waals surface area (Å²) in [4.78, 5) is 57.0. The van der Waals surface area contributed by atoms with Crippen LogP contribution in [-0.4, -0.2) is 72.1 Å². The first-order valence-corrected chi connectivity index (χ1v) is 15.6. The van der Waals surface area contributed by atoms with E-state index >= 15 is 0 Å². The third kappa shape index (κ3) is 29.0. The standard InChI is InChI=1S/C31H55NO9/c1-26(33)25-41-24-23-40-22-16-17-27(34)20-21-28(31(38)39)32-29(35)18-14-12-10-8-6-4-2-3-5-7-9-11-13-15-19-30(36)37/h28H,2-25H2,1H3,(H,32,35)(H,36,37)(H,38,39)/t28-/m0/s1. The summed E-state index contributed by atoms with van der Waals surface area (Å²) in [6.07, 6.45) is 16.9. The third-order valence-electron chi connectivity index (χ3n) is 6.81. The van der Waals surface area contributed by atoms with Gasteiger partial charge >= 0.3 is 11.9 Å². The molecule has 0 saturated carbocycles. The number of hydrogen-bond donors (Lipinski definition) is 3. The summed E-state index contributed by atoms with van der Waals surface area (Å²) in [6.45, 7) is 2.55. The SMILES string of the molecule is CC(=O)COCCOCCCC(=O)CC[C@H](NC(=O)CCCCCCCCCCCCCCCCC(=O)O)C(=O)O. The Hall–Kier alpha value is -2.33. The second-order valence-electron chi connectivity index (χ2n) is 10.8. The molecule has 0 spiro atoms. The molecule has 0 aromatic carbocycles. The van der Waals surface area contributed by atoms with Crippen LogP contribution in [0.1, 0.15) is 135 Å². The predicted molar refractivity (Wildman–Crippen MR) is 157 cm³/mol. The highest BCUT2D eigenvalue weighted by atomic mass is 16.5. The molecule has 1 atom stereocenters. The van der Waals surface area contributed by atoms with E-state index in [0.717, 1.165) is 44.9 Å². The van der Waals surface area contributed by atoms with Crippen molar-refractivity contribution in [3.05, 3.63) is 0 Å². The number of unbranched alkanes of at least 4 members (excludes halogenated alkanes) is 13. The Morgan fingerprint density at radius 2 is 1.07 bits per heavy atom. The number of aliphatic carboxylic acids is 2. The molecule has 0 heterocycles. The maximum absolute atomic E-state index is 12.2. The molecule has 0 aliphatic heterocycles. The summed E-state index contributed by atoms with van der Waals surface area (Å²) in [6, 6.07) is -1.06. The zero-order valence-corrected chi connectivity index (χ0v) is 25.3. The van der Waals surface area contributed by atoms with Gasteiger partial charge in [-0.25, -0.2) is 4.79 Å². The molecule has 0 bridgehead atoms. The van der Waals surface area contributed by atoms with Gasteiger partial charge in [0.15, 0.2) is 5.78 Å². The molecule has 10 heteroatoms. The minimum absolute atomic E-state index is 0.0489. The lowest BCUT2D eigenvalue weighted by molar-refractivity contribution is -0.142. The molecular formula is C31H55NO9. The zero-order chi connectivity index (χ0) is 30.6. The third-order valence-corrected chi connectivity index (χ3v) is 6.81. The molecule has 0 rings (SSSR count). The second kappa shape index (κ2) is 27.8. The lowest BCUT2D eigenvalue weighted by Crippen LogP contribution is -2.41. The normalized spacial score (nSPS) is 11.7. The Labute approximate surface area is 246 Å². The Morgan fingerprint density at radius 3 is 1.56 bits per heavy atom. The Bertz CT molecular complexity index is 726. The van der Waals surface area contributed by atoms with Crippen molar-refractivity contribution < 1.29 is 43.7 Å². The summed E-state index contributed by atoms with van der Waals surface area (Å²) in [7, 11) is 0. The average Bonchev–Trinajstić information content (AvgIpc) is 2.91. The van der Waals surface area contributed by atoms with Crippen molar-refractivity contribution in [1.82, 2.24) is 5.32 Å². The van der Waals surface area contributed by atoms with Crippen LogP contribution in [0.4, 0.5) is 0 Å². The molecule has 0 aliphatic rings. The number of ether oxygens (including phenoxy) is 2. The van der Waals surface area contributed by atoms with E-state index in [1.807, 2.05) is 0 Å². The van der Waals surface area contributed by atoms with Gasteiger partial charge in [-0.15, -0.1) is 0 Å². The van der Waals surface area contributed by atoms with Crippen LogP contribution >= 0.6 is 0 Å². The summed E-state index contributed by atoms with van der Waals surface area (Å²) in [5.74, 6) is -2.23. The van der Waals surface area contributed by atoms with Crippen LogP contribution in [0.2, 0.25) is 0 Å². The van der Waals surface area contributed by atoms with E-state index in [-0.39, 0.29) is 49.8 Å². The molecule has 3 N–H and O–H groups in total. The van der Waals surface area contributed by atoms with Gasteiger partial charge in [-0.3, -0.25) is 19.2 Å². The predicted octanol–water partition coefficient (Wildman–Crippen LogP) is 5.63. The number of ketones is 2. The van der Waals surface area contributed by atoms with Gasteiger partial charge in [0.05, 0.1) is 13.2 Å². The van der Waals surface area contributed by atoms with Crippen molar-refractivity contribution in [2.45, 2.75) is 141 Å². The molecule has 1 amide bonds. The smallest absolute Gasteiger partial charge is 0.326 e. The highest BCUT2D eigenvalue weighted by Crippen LogP contribution is 2.14. The highest BCUT2D eigenvalue weighted by Gasteiger charge is 2.20. The number of carbonyl (C=O) groups excluding carboxylic acids is 3. The van der Waals surface area contributed by atoms with Gasteiger partial charge in [0.2, 0.25) is 5.91 Å². The van der Waals surface area contributed by atoms with E-state index in [4.69, 9.17) is 14.6 Å². The maximum atomic E-state index is 12.2. The Kier molecular flexibility index (Phi) is 26.2. The minimum atomic E-state index is -1.13. The van der Waals surface area contributed by atoms with Crippen LogP contribution in [0.25, 0.3) is 0 Å². The summed E-state index contributed by atoms with van der Waals surface area (Å²) < 4.78 is 10.4. The number of rotatable bonds is 31. The highest BCUT2D eigenvalue weighted by molar-refractivity contribution is 5.84. The number of carboxylic acids is 2. The van der Waals surface area contributed by atoms with Crippen molar-refractivity contribution >= 4 is 29.4 Å². The fraction of sp³-hybridized carbons (Fsp3) is 0.839. The van der Waals surface area contributed by atoms with Gasteiger partial charge in [-0.2, -0.15) is 0 Å². The summed E-state index contributed by atoms with van der Waals surface area (Å²) in [5.41, 5.74) is 0. The molecule has 0 saturated heterocycles. The summed E-state index contributed by atoms with van der Waals surface area (Å²) in [5, 5.41) is 20.6. The zero-order valence-electron chi connectivity index (χ0n) is 25.3. The molecule has 0 fully saturated rings. The van der Waals surface area contributed by atoms with Gasteiger partial charge in [0.25, 0.3) is 0 Å². The number of hydrogen-bond acceptors (Lipinski definition) is 7. The molecule has 10 nitrogen and oxygen atoms in total. The molecule has 0 aromatic rings. The van der Waals surface area contributed by atoms with Crippen LogP contribution < -0.4 is 5.32 Å². The van der Waals surface area contributed by atoms with Gasteiger partial charge < -0.3 is 25.0 Å². The monoisotopic (exact) mass is 585 g/mol. The maximum Gasteiger partial charge on any atom is 0.326 e. The first-order chi connectivity index (χ1) is 19.7. The van der Waals surface area contributed by atoms with E-state index in [1.54, 1.807) is 0 Å². The van der Waals surface area contributed by atoms with Crippen molar-refractivity contribution in [3.8, 4) is 0 Å². The van der Waals surface area contributed by atoms with Crippen LogP contribution in [0.5, 0.6) is 0 Å². The van der Waals surface area contributed by atoms with Crippen molar-refractivity contribution in [3.63, 3.8) is 0 Å². The Balaban J connectivity index is 3.66. The fourth-order valence-corrected chi connectivity index (χ4v) is 4.44. The molecule has 0 unspecified atom stereocenters. The van der Waals surface area contributed by atoms with Gasteiger partial charge in [-0.1, -0.05) is 77.0 Å². The van der Waals surface area contributed by atoms with Crippen molar-refractivity contribution in [2.24, 2.45) is 0 Å². The fourth-order valence-electron chi connectivity index (χ4n) is 4.44. The van der Waals surface area contributed by atoms with Crippen LogP contribution in [-0.2, 0) is 33.4 Å². The van der Waals surface area contributed by atoms with E-state index in [9.17, 15) is 29.1 Å². The molecule has 238 valence electrons. The minimum Gasteiger partial charge on any atom is -0.481 e. The number of nitrogens with one attached hydrogen (secondary N) is 1. The first kappa shape index (κ1) is 38.7. The molecule has 0 aromatic heterocycles. The lowest BCUT2D eigenvalue weighted by atomic mass is 10.0. The number of amides is 1. The topological polar surface area (TPSA) is 156 Å². The molecular weight excluding hydrogens is 530 g/mol. The lowest BCUT2D eigenvalue weighted by Gasteiger charge is -2.14. The number of Topliss-reactive ketones (excluding diaryl/α,β-unsaturated/α-hetero) is 2. The van der Waals surface area contributed by atoms with Crippen molar-refractivity contribution in [2.75, 3.05) is 26.4 Å². The van der Waals surface area contributed by atoms with Gasteiger partial charge in [-0.05, 0) is 32.6 Å². The van der Waals surface area contributed by atoms with E-state index < -0.39 is 18.0 Å². The van der Waals surface area contributed by atoms with Crippen LogP contribution in [0.3, 0.4) is 0 Å². The number of carbonyl (C=O) groups is 5. The van der Waals surface area contributed by atoms with Gasteiger partial charge in [0.1, 0.15) is 18.4 Å². The quantitative estimate of drug-likeness (QED) is 0.0877. The van der Waals surface area contributed by atoms with Crippen LogP contribution in [0, 0.1) is 0 Å². The largest absolute Gasteiger partial charge is 0.481 e. The first-order valence-electron chi connectivity index (χ1n) is 15.6. The summed E-state index contributed by atoms with van der Waals surface area (Å²) >= 11 is 0. The molecule has 41 heavy (non-hydrogen) atoms. The van der Waals surface area contributed by atoms with Crippen molar-refractivity contribution in [1.29, 1.82) is 0 Å². The second-order valence-corrected chi connectivity index (χ2v) is 10.8. The van der Waals surface area contributed by atoms with E-state index in [0.29, 0.717) is 32.7 Å². The van der Waals surface area contributed by atoms with Crippen LogP contribution in [0.15, 0.2) is 0 Å². The molecule has 0 radical (unpaired) electrons. The average molecular weight is 586 g/mol. The molecule has 0 aliphatic carbocycles. The van der Waals surface area contributed by atoms with E-state index in [2.05, 4.69) is 5.32 Å². The Morgan fingerprint density at radius 1 is 0.585 bits per heavy atom.